The van der Waals surface area contributed by atoms with Gasteiger partial charge in [0.25, 0.3) is 0 Å². The first kappa shape index (κ1) is 16.1. The fourth-order valence-electron chi connectivity index (χ4n) is 4.54. The molecule has 2 aromatic rings. The third kappa shape index (κ3) is 2.25. The highest BCUT2D eigenvalue weighted by Crippen LogP contribution is 2.55. The molecule has 4 atom stereocenters. The Labute approximate surface area is 160 Å². The van der Waals surface area contributed by atoms with Crippen LogP contribution in [-0.2, 0) is 9.47 Å². The van der Waals surface area contributed by atoms with Gasteiger partial charge in [-0.2, -0.15) is 0 Å². The summed E-state index contributed by atoms with van der Waals surface area (Å²) in [7, 11) is 0. The summed E-state index contributed by atoms with van der Waals surface area (Å²) in [5, 5.41) is 20.9. The summed E-state index contributed by atoms with van der Waals surface area (Å²) in [6.07, 6.45) is -0.638. The summed E-state index contributed by atoms with van der Waals surface area (Å²) < 4.78 is 33.6. The van der Waals surface area contributed by atoms with E-state index >= 15 is 0 Å². The Kier molecular flexibility index (Phi) is 3.36. The molecule has 6 rings (SSSR count). The molecular weight excluding hydrogens is 368 g/mol. The third-order valence-electron chi connectivity index (χ3n) is 5.92. The number of rotatable bonds is 2. The molecule has 4 unspecified atom stereocenters. The van der Waals surface area contributed by atoms with Crippen LogP contribution in [0.4, 0.5) is 0 Å². The predicted octanol–water partition coefficient (Wildman–Crippen LogP) is 2.63. The number of aromatic hydroxyl groups is 2. The number of benzene rings is 2. The first-order chi connectivity index (χ1) is 13.7. The predicted molar refractivity (Wildman–Crippen MR) is 92.8 cm³/mol. The van der Waals surface area contributed by atoms with E-state index in [-0.39, 0.29) is 49.1 Å². The van der Waals surface area contributed by atoms with Crippen molar-refractivity contribution in [2.24, 2.45) is 11.8 Å². The first-order valence-corrected chi connectivity index (χ1v) is 9.17. The lowest BCUT2D eigenvalue weighted by molar-refractivity contribution is 0.0178. The van der Waals surface area contributed by atoms with Gasteiger partial charge < -0.3 is 38.6 Å². The van der Waals surface area contributed by atoms with E-state index in [4.69, 9.17) is 28.4 Å². The fraction of sp³-hybridized carbons (Fsp3) is 0.400. The van der Waals surface area contributed by atoms with E-state index in [1.165, 1.54) is 0 Å². The lowest BCUT2D eigenvalue weighted by atomic mass is 9.84. The summed E-state index contributed by atoms with van der Waals surface area (Å²) in [6, 6.07) is 6.67. The molecule has 0 aliphatic carbocycles. The Morgan fingerprint density at radius 2 is 1.00 bits per heavy atom. The molecule has 0 bridgehead atoms. The molecule has 2 aromatic carbocycles. The van der Waals surface area contributed by atoms with Gasteiger partial charge in [-0.15, -0.1) is 0 Å². The van der Waals surface area contributed by atoms with Crippen LogP contribution in [0.2, 0.25) is 0 Å². The molecule has 146 valence electrons. The molecule has 2 saturated heterocycles. The highest BCUT2D eigenvalue weighted by atomic mass is 16.7. The maximum atomic E-state index is 10.5. The van der Waals surface area contributed by atoms with E-state index in [0.29, 0.717) is 47.3 Å². The van der Waals surface area contributed by atoms with Crippen LogP contribution in [0.3, 0.4) is 0 Å². The van der Waals surface area contributed by atoms with E-state index in [9.17, 15) is 10.2 Å². The highest BCUT2D eigenvalue weighted by Gasteiger charge is 2.49. The highest BCUT2D eigenvalue weighted by molar-refractivity contribution is 5.54. The average molecular weight is 386 g/mol. The number of phenols is 2. The van der Waals surface area contributed by atoms with E-state index in [1.807, 2.05) is 0 Å². The number of hydrogen-bond acceptors (Lipinski definition) is 8. The maximum Gasteiger partial charge on any atom is 0.231 e. The van der Waals surface area contributed by atoms with Crippen molar-refractivity contribution in [3.8, 4) is 34.5 Å². The van der Waals surface area contributed by atoms with E-state index in [0.717, 1.165) is 0 Å². The van der Waals surface area contributed by atoms with Gasteiger partial charge in [0.05, 0.1) is 25.4 Å². The second kappa shape index (κ2) is 5.83. The largest absolute Gasteiger partial charge is 0.507 e. The van der Waals surface area contributed by atoms with Crippen LogP contribution in [0.5, 0.6) is 34.5 Å². The maximum absolute atomic E-state index is 10.5. The van der Waals surface area contributed by atoms with Crippen molar-refractivity contribution in [2.45, 2.75) is 12.2 Å². The zero-order chi connectivity index (χ0) is 18.8. The number of hydrogen-bond donors (Lipinski definition) is 2. The third-order valence-corrected chi connectivity index (χ3v) is 5.92. The van der Waals surface area contributed by atoms with Crippen molar-refractivity contribution in [1.29, 1.82) is 0 Å². The molecule has 8 nitrogen and oxygen atoms in total. The number of fused-ring (bicyclic) bond motifs is 3. The van der Waals surface area contributed by atoms with Crippen molar-refractivity contribution >= 4 is 0 Å². The Balaban J connectivity index is 1.31. The Morgan fingerprint density at radius 3 is 1.43 bits per heavy atom. The van der Waals surface area contributed by atoms with Crippen LogP contribution in [0.15, 0.2) is 24.3 Å². The minimum atomic E-state index is -0.319. The molecular formula is C20H18O8. The molecule has 0 saturated carbocycles. The monoisotopic (exact) mass is 386 g/mol. The summed E-state index contributed by atoms with van der Waals surface area (Å²) in [6.45, 7) is 1.21. The van der Waals surface area contributed by atoms with Gasteiger partial charge in [-0.25, -0.2) is 0 Å². The average Bonchev–Trinajstić information content (AvgIpc) is 3.44. The SMILES string of the molecule is Oc1cc2c(cc1C1OCC3C(c4cc5c(cc4O)OCO5)OCC13)OCO2. The molecule has 4 heterocycles. The van der Waals surface area contributed by atoms with Crippen LogP contribution in [0.25, 0.3) is 0 Å². The van der Waals surface area contributed by atoms with Crippen molar-refractivity contribution < 1.29 is 38.6 Å². The fourth-order valence-corrected chi connectivity index (χ4v) is 4.54. The summed E-state index contributed by atoms with van der Waals surface area (Å²) in [4.78, 5) is 0. The van der Waals surface area contributed by atoms with Gasteiger partial charge in [0, 0.05) is 35.1 Å². The van der Waals surface area contributed by atoms with Crippen LogP contribution in [0, 0.1) is 11.8 Å². The molecule has 0 radical (unpaired) electrons. The molecule has 0 amide bonds. The molecule has 4 aliphatic rings. The minimum Gasteiger partial charge on any atom is -0.507 e. The van der Waals surface area contributed by atoms with Crippen LogP contribution < -0.4 is 18.9 Å². The second-order valence-corrected chi connectivity index (χ2v) is 7.36. The van der Waals surface area contributed by atoms with Gasteiger partial charge in [0.15, 0.2) is 23.0 Å². The molecule has 0 spiro atoms. The molecule has 4 aliphatic heterocycles. The molecule has 28 heavy (non-hydrogen) atoms. The van der Waals surface area contributed by atoms with Gasteiger partial charge >= 0.3 is 0 Å². The lowest BCUT2D eigenvalue weighted by Gasteiger charge is -2.18. The summed E-state index contributed by atoms with van der Waals surface area (Å²) in [5.74, 6) is 2.58. The Bertz CT molecular complexity index is 880. The van der Waals surface area contributed by atoms with Gasteiger partial charge in [-0.3, -0.25) is 0 Å². The van der Waals surface area contributed by atoms with Crippen molar-refractivity contribution in [3.05, 3.63) is 35.4 Å². The number of ether oxygens (including phenoxy) is 6. The minimum absolute atomic E-state index is 0.0427. The zero-order valence-electron chi connectivity index (χ0n) is 14.8. The smallest absolute Gasteiger partial charge is 0.231 e. The first-order valence-electron chi connectivity index (χ1n) is 9.17. The quantitative estimate of drug-likeness (QED) is 0.813. The summed E-state index contributed by atoms with van der Waals surface area (Å²) >= 11 is 0. The molecule has 0 aromatic heterocycles. The second-order valence-electron chi connectivity index (χ2n) is 7.36. The van der Waals surface area contributed by atoms with Gasteiger partial charge in [-0.1, -0.05) is 0 Å². The van der Waals surface area contributed by atoms with Crippen molar-refractivity contribution in [2.75, 3.05) is 26.8 Å². The van der Waals surface area contributed by atoms with Gasteiger partial charge in [0.2, 0.25) is 13.6 Å². The topological polar surface area (TPSA) is 95.8 Å². The standard InChI is InChI=1S/C20H18O8/c21-13-3-17-15(25-7-27-17)1-9(13)19-11-5-24-20(12(11)6-23-19)10-2-16-18(4-14(10)22)28-8-26-16/h1-4,11-12,19-22H,5-8H2. The van der Waals surface area contributed by atoms with E-state index < -0.39 is 0 Å². The summed E-state index contributed by atoms with van der Waals surface area (Å²) in [5.41, 5.74) is 1.33. The molecule has 2 N–H and O–H groups in total. The van der Waals surface area contributed by atoms with Crippen molar-refractivity contribution in [3.63, 3.8) is 0 Å². The Morgan fingerprint density at radius 1 is 0.607 bits per heavy atom. The Hall–Kier alpha value is -2.84. The van der Waals surface area contributed by atoms with Crippen LogP contribution >= 0.6 is 0 Å². The lowest BCUT2D eigenvalue weighted by Crippen LogP contribution is -2.14. The van der Waals surface area contributed by atoms with E-state index in [1.54, 1.807) is 24.3 Å². The molecule has 8 heteroatoms. The van der Waals surface area contributed by atoms with Crippen LogP contribution in [0.1, 0.15) is 23.3 Å². The normalized spacial score (nSPS) is 29.3. The van der Waals surface area contributed by atoms with Gasteiger partial charge in [-0.05, 0) is 12.1 Å². The zero-order valence-corrected chi connectivity index (χ0v) is 14.8. The molecule has 2 fully saturated rings. The van der Waals surface area contributed by atoms with Gasteiger partial charge in [0.1, 0.15) is 11.5 Å². The number of phenolic OH excluding ortho intramolecular Hbond substituents is 2. The van der Waals surface area contributed by atoms with E-state index in [2.05, 4.69) is 0 Å². The van der Waals surface area contributed by atoms with Crippen LogP contribution in [-0.4, -0.2) is 37.0 Å². The van der Waals surface area contributed by atoms with Crippen molar-refractivity contribution in [1.82, 2.24) is 0 Å².